The van der Waals surface area contributed by atoms with E-state index in [0.717, 1.165) is 56.8 Å². The maximum atomic E-state index is 13.1. The number of hydrogen-bond acceptors (Lipinski definition) is 6. The first-order valence-corrected chi connectivity index (χ1v) is 12.3. The molecule has 0 radical (unpaired) electrons. The van der Waals surface area contributed by atoms with Crippen LogP contribution in [0.4, 0.5) is 11.4 Å². The molecule has 0 fully saturated rings. The first kappa shape index (κ1) is 23.2. The van der Waals surface area contributed by atoms with Gasteiger partial charge in [-0.2, -0.15) is 0 Å². The van der Waals surface area contributed by atoms with E-state index in [1.165, 1.54) is 0 Å². The summed E-state index contributed by atoms with van der Waals surface area (Å²) in [6.45, 7) is 5.34. The van der Waals surface area contributed by atoms with Crippen molar-refractivity contribution in [3.8, 4) is 11.4 Å². The Kier molecular flexibility index (Phi) is 7.27. The quantitative estimate of drug-likeness (QED) is 0.309. The average Bonchev–Trinajstić information content (AvgIpc) is 2.83. The molecule has 0 aliphatic carbocycles. The monoisotopic (exact) mass is 477 g/mol. The highest BCUT2D eigenvalue weighted by Gasteiger charge is 2.13. The van der Waals surface area contributed by atoms with Crippen molar-refractivity contribution in [1.82, 2.24) is 9.97 Å². The Bertz CT molecular complexity index is 1310. The van der Waals surface area contributed by atoms with Crippen LogP contribution in [0.25, 0.3) is 22.3 Å². The third-order valence-corrected chi connectivity index (χ3v) is 7.12. The molecule has 0 saturated carbocycles. The molecule has 0 aliphatic rings. The number of aromatic nitrogens is 2. The summed E-state index contributed by atoms with van der Waals surface area (Å²) in [5.41, 5.74) is 11.1. The predicted molar refractivity (Wildman–Crippen MR) is 141 cm³/mol. The second kappa shape index (κ2) is 10.3. The standard InChI is InChI=1S/C25H27N5OS2/c1-17-8-9-20(15-22(17)25-27-16-19-6-3-4-7-23(19)28-25)29-33(31)24-11-10-21(14-18(24)2)30(32)13-5-12-26/h3-4,6-11,14-16,29,32H,5,12-13,26H2,1-2H3. The van der Waals surface area contributed by atoms with Crippen LogP contribution in [-0.2, 0) is 11.0 Å². The highest BCUT2D eigenvalue weighted by atomic mass is 32.2. The fraction of sp³-hybridized carbons (Fsp3) is 0.200. The Labute approximate surface area is 202 Å². The van der Waals surface area contributed by atoms with Crippen LogP contribution in [0.1, 0.15) is 17.5 Å². The van der Waals surface area contributed by atoms with Crippen LogP contribution < -0.4 is 14.8 Å². The van der Waals surface area contributed by atoms with Crippen molar-refractivity contribution in [3.05, 3.63) is 78.0 Å². The molecule has 1 atom stereocenters. The average molecular weight is 478 g/mol. The lowest BCUT2D eigenvalue weighted by Crippen LogP contribution is -2.16. The maximum absolute atomic E-state index is 13.1. The van der Waals surface area contributed by atoms with Gasteiger partial charge in [-0.25, -0.2) is 14.2 Å². The minimum atomic E-state index is -1.42. The molecule has 8 heteroatoms. The van der Waals surface area contributed by atoms with Crippen LogP contribution in [0.3, 0.4) is 0 Å². The van der Waals surface area contributed by atoms with Gasteiger partial charge in [-0.3, -0.25) is 0 Å². The summed E-state index contributed by atoms with van der Waals surface area (Å²) in [6.07, 6.45) is 2.69. The lowest BCUT2D eigenvalue weighted by molar-refractivity contribution is 0.686. The van der Waals surface area contributed by atoms with E-state index in [2.05, 4.69) is 22.5 Å². The summed E-state index contributed by atoms with van der Waals surface area (Å²) < 4.78 is 18.1. The minimum Gasteiger partial charge on any atom is -0.330 e. The second-order valence-electron chi connectivity index (χ2n) is 7.87. The number of benzene rings is 3. The number of anilines is 2. The third-order valence-electron chi connectivity index (χ3n) is 5.41. The van der Waals surface area contributed by atoms with Gasteiger partial charge < -0.3 is 14.8 Å². The summed E-state index contributed by atoms with van der Waals surface area (Å²) in [7, 11) is -1.42. The number of nitrogens with two attached hydrogens (primary N) is 1. The molecule has 170 valence electrons. The summed E-state index contributed by atoms with van der Waals surface area (Å²) >= 11 is 4.52. The first-order chi connectivity index (χ1) is 16.0. The van der Waals surface area contributed by atoms with E-state index in [4.69, 9.17) is 10.7 Å². The molecule has 4 rings (SSSR count). The van der Waals surface area contributed by atoms with Gasteiger partial charge in [0.2, 0.25) is 0 Å². The van der Waals surface area contributed by atoms with Crippen molar-refractivity contribution < 1.29 is 4.21 Å². The van der Waals surface area contributed by atoms with Crippen LogP contribution in [-0.4, -0.2) is 27.3 Å². The highest BCUT2D eigenvalue weighted by Crippen LogP contribution is 2.27. The summed E-state index contributed by atoms with van der Waals surface area (Å²) in [5, 5.41) is 0.996. The van der Waals surface area contributed by atoms with E-state index in [0.29, 0.717) is 12.4 Å². The summed E-state index contributed by atoms with van der Waals surface area (Å²) in [6, 6.07) is 19.5. The van der Waals surface area contributed by atoms with Gasteiger partial charge in [-0.05, 0) is 74.3 Å². The Morgan fingerprint density at radius 3 is 2.67 bits per heavy atom. The molecule has 1 aromatic heterocycles. The number of nitrogens with zero attached hydrogens (tertiary/aromatic N) is 3. The van der Waals surface area contributed by atoms with Gasteiger partial charge in [0.15, 0.2) is 16.8 Å². The number of hydrogen-bond donors (Lipinski definition) is 3. The Hall–Kier alpha value is -2.94. The van der Waals surface area contributed by atoms with Gasteiger partial charge in [0, 0.05) is 35.1 Å². The summed E-state index contributed by atoms with van der Waals surface area (Å²) in [5.74, 6) is 0.646. The van der Waals surface area contributed by atoms with Crippen molar-refractivity contribution in [2.75, 3.05) is 22.1 Å². The Morgan fingerprint density at radius 2 is 1.88 bits per heavy atom. The first-order valence-electron chi connectivity index (χ1n) is 10.7. The van der Waals surface area contributed by atoms with Crippen LogP contribution in [0.5, 0.6) is 0 Å². The number of nitrogens with one attached hydrogen (secondary N) is 1. The van der Waals surface area contributed by atoms with E-state index in [1.807, 2.05) is 85.0 Å². The lowest BCUT2D eigenvalue weighted by Gasteiger charge is -2.19. The SMILES string of the molecule is Cc1ccc(NS(=O)c2ccc(N(S)CCCN)cc2C)cc1-c1ncc2ccccc2n1. The van der Waals surface area contributed by atoms with Crippen molar-refractivity contribution in [3.63, 3.8) is 0 Å². The number of fused-ring (bicyclic) bond motifs is 1. The molecule has 1 heterocycles. The maximum Gasteiger partial charge on any atom is 0.160 e. The number of thiol groups is 1. The molecule has 6 nitrogen and oxygen atoms in total. The Morgan fingerprint density at radius 1 is 1.06 bits per heavy atom. The van der Waals surface area contributed by atoms with Gasteiger partial charge >= 0.3 is 0 Å². The van der Waals surface area contributed by atoms with Crippen LogP contribution in [0.15, 0.2) is 71.8 Å². The Balaban J connectivity index is 1.56. The van der Waals surface area contributed by atoms with E-state index >= 15 is 0 Å². The predicted octanol–water partition coefficient (Wildman–Crippen LogP) is 5.05. The molecular weight excluding hydrogens is 450 g/mol. The van der Waals surface area contributed by atoms with Gasteiger partial charge in [0.25, 0.3) is 0 Å². The van der Waals surface area contributed by atoms with Crippen molar-refractivity contribution >= 4 is 46.1 Å². The van der Waals surface area contributed by atoms with Crippen molar-refractivity contribution in [2.45, 2.75) is 25.2 Å². The molecule has 0 saturated heterocycles. The lowest BCUT2D eigenvalue weighted by atomic mass is 10.1. The van der Waals surface area contributed by atoms with Gasteiger partial charge in [0.1, 0.15) is 0 Å². The molecule has 0 amide bonds. The molecule has 3 N–H and O–H groups in total. The topological polar surface area (TPSA) is 84.1 Å². The van der Waals surface area contributed by atoms with Gasteiger partial charge in [0.05, 0.1) is 10.4 Å². The third kappa shape index (κ3) is 5.35. The molecule has 0 bridgehead atoms. The molecule has 0 spiro atoms. The molecular formula is C25H27N5OS2. The zero-order valence-corrected chi connectivity index (χ0v) is 20.4. The smallest absolute Gasteiger partial charge is 0.160 e. The normalized spacial score (nSPS) is 12.0. The summed E-state index contributed by atoms with van der Waals surface area (Å²) in [4.78, 5) is 9.98. The van der Waals surface area contributed by atoms with Crippen LogP contribution in [0.2, 0.25) is 0 Å². The molecule has 3 aromatic carbocycles. The van der Waals surface area contributed by atoms with Crippen LogP contribution in [0, 0.1) is 13.8 Å². The van der Waals surface area contributed by atoms with Crippen molar-refractivity contribution in [2.24, 2.45) is 5.73 Å². The fourth-order valence-corrected chi connectivity index (χ4v) is 4.82. The second-order valence-corrected chi connectivity index (χ2v) is 9.53. The van der Waals surface area contributed by atoms with Gasteiger partial charge in [-0.1, -0.05) is 37.1 Å². The zero-order chi connectivity index (χ0) is 23.4. The molecule has 4 aromatic rings. The van der Waals surface area contributed by atoms with Crippen LogP contribution >= 0.6 is 12.8 Å². The number of rotatable bonds is 8. The minimum absolute atomic E-state index is 0.616. The number of para-hydroxylation sites is 1. The van der Waals surface area contributed by atoms with E-state index in [-0.39, 0.29) is 0 Å². The highest BCUT2D eigenvalue weighted by molar-refractivity contribution is 7.86. The molecule has 1 unspecified atom stereocenters. The van der Waals surface area contributed by atoms with E-state index in [9.17, 15) is 4.21 Å². The zero-order valence-electron chi connectivity index (χ0n) is 18.7. The molecule has 0 aliphatic heterocycles. The largest absolute Gasteiger partial charge is 0.330 e. The van der Waals surface area contributed by atoms with Gasteiger partial charge in [-0.15, -0.1) is 0 Å². The number of aryl methyl sites for hydroxylation is 2. The van der Waals surface area contributed by atoms with E-state index in [1.54, 1.807) is 0 Å². The van der Waals surface area contributed by atoms with E-state index < -0.39 is 11.0 Å². The molecule has 33 heavy (non-hydrogen) atoms. The van der Waals surface area contributed by atoms with Crippen molar-refractivity contribution in [1.29, 1.82) is 0 Å². The fourth-order valence-electron chi connectivity index (χ4n) is 3.56.